The quantitative estimate of drug-likeness (QED) is 0.145. The van der Waals surface area contributed by atoms with E-state index >= 15 is 0 Å². The minimum Gasteiger partial charge on any atom is -0.493 e. The smallest absolute Gasteiger partial charge is 0.408 e. The third-order valence-electron chi connectivity index (χ3n) is 5.53. The van der Waals surface area contributed by atoms with Gasteiger partial charge in [-0.25, -0.2) is 4.79 Å². The van der Waals surface area contributed by atoms with E-state index in [0.29, 0.717) is 6.42 Å². The molecule has 3 N–H and O–H groups in total. The highest BCUT2D eigenvalue weighted by Gasteiger charge is 2.33. The summed E-state index contributed by atoms with van der Waals surface area (Å²) >= 11 is 5.48. The third kappa shape index (κ3) is 9.04. The van der Waals surface area contributed by atoms with Crippen LogP contribution in [0.2, 0.25) is 0 Å². The Morgan fingerprint density at radius 3 is 2.24 bits per heavy atom. The van der Waals surface area contributed by atoms with Gasteiger partial charge in [0.15, 0.2) is 11.5 Å². The van der Waals surface area contributed by atoms with E-state index in [2.05, 4.69) is 20.7 Å². The first-order valence-corrected chi connectivity index (χ1v) is 11.7. The molecule has 0 aliphatic heterocycles. The summed E-state index contributed by atoms with van der Waals surface area (Å²) in [6.45, 7) is 6.14. The second-order valence-electron chi connectivity index (χ2n) is 8.55. The van der Waals surface area contributed by atoms with Gasteiger partial charge in [0.1, 0.15) is 18.7 Å². The molecular weight excluding hydrogens is 508 g/mol. The summed E-state index contributed by atoms with van der Waals surface area (Å²) in [6, 6.07) is 1.82. The first kappa shape index (κ1) is 31.4. The number of methoxy groups -OCH3 is 3. The lowest BCUT2D eigenvalue weighted by molar-refractivity contribution is -0.385. The maximum Gasteiger partial charge on any atom is 0.408 e. The number of nitrogens with one attached hydrogen (secondary N) is 3. The molecule has 1 unspecified atom stereocenters. The summed E-state index contributed by atoms with van der Waals surface area (Å²) in [4.78, 5) is 47.5. The van der Waals surface area contributed by atoms with Gasteiger partial charge < -0.3 is 34.9 Å². The molecular formula is C23H34N4O9S. The molecule has 0 saturated heterocycles. The van der Waals surface area contributed by atoms with Crippen LogP contribution < -0.4 is 25.4 Å². The lowest BCUT2D eigenvalue weighted by Crippen LogP contribution is -2.60. The van der Waals surface area contributed by atoms with Crippen LogP contribution in [0.25, 0.3) is 0 Å². The van der Waals surface area contributed by atoms with Crippen LogP contribution in [-0.4, -0.2) is 67.3 Å². The van der Waals surface area contributed by atoms with Crippen LogP contribution >= 0.6 is 12.2 Å². The van der Waals surface area contributed by atoms with Gasteiger partial charge in [0, 0.05) is 0 Å². The Hall–Kier alpha value is -3.68. The number of rotatable bonds is 13. The summed E-state index contributed by atoms with van der Waals surface area (Å²) in [6.07, 6.45) is -0.241. The number of amides is 2. The third-order valence-corrected chi connectivity index (χ3v) is 5.89. The highest BCUT2D eigenvalue weighted by Crippen LogP contribution is 2.34. The number of thiocarbonyl (C=S) groups is 1. The van der Waals surface area contributed by atoms with E-state index in [9.17, 15) is 24.5 Å². The van der Waals surface area contributed by atoms with Crippen molar-refractivity contribution in [3.8, 4) is 11.5 Å². The Morgan fingerprint density at radius 1 is 1.14 bits per heavy atom. The summed E-state index contributed by atoms with van der Waals surface area (Å²) in [5.74, 6) is -0.872. The van der Waals surface area contributed by atoms with Crippen LogP contribution in [0.4, 0.5) is 10.5 Å². The molecule has 0 aliphatic carbocycles. The fraction of sp³-hybridized carbons (Fsp3) is 0.565. The minimum absolute atomic E-state index is 0.0991. The zero-order valence-corrected chi connectivity index (χ0v) is 22.8. The molecule has 1 aromatic rings. The fourth-order valence-corrected chi connectivity index (χ4v) is 3.64. The lowest BCUT2D eigenvalue weighted by atomic mass is 9.97. The maximum absolute atomic E-state index is 12.6. The molecule has 0 bridgehead atoms. The zero-order valence-electron chi connectivity index (χ0n) is 22.0. The number of alkyl carbamates (subject to hydrolysis) is 1. The van der Waals surface area contributed by atoms with Gasteiger partial charge in [0.05, 0.1) is 48.9 Å². The van der Waals surface area contributed by atoms with Crippen molar-refractivity contribution in [1.82, 2.24) is 16.0 Å². The summed E-state index contributed by atoms with van der Waals surface area (Å²) in [5, 5.41) is 19.5. The van der Waals surface area contributed by atoms with E-state index in [1.165, 1.54) is 33.5 Å². The number of hydrogen-bond acceptors (Lipinski definition) is 10. The SMILES string of the molecule is CCC(C)[C@H](NC(=O)OCc1cc(OC)c(OC)cc1[N+](=O)[O-])C(=S)NC(C)(C)C(=O)NCC(=O)OC. The van der Waals surface area contributed by atoms with Gasteiger partial charge >= 0.3 is 12.1 Å². The number of hydrogen-bond donors (Lipinski definition) is 3. The van der Waals surface area contributed by atoms with Crippen molar-refractivity contribution in [1.29, 1.82) is 0 Å². The molecule has 0 spiro atoms. The molecule has 0 fully saturated rings. The van der Waals surface area contributed by atoms with E-state index in [-0.39, 0.29) is 40.2 Å². The number of nitro benzene ring substituents is 1. The van der Waals surface area contributed by atoms with Crippen molar-refractivity contribution >= 4 is 40.9 Å². The van der Waals surface area contributed by atoms with Crippen molar-refractivity contribution in [3.63, 3.8) is 0 Å². The van der Waals surface area contributed by atoms with Gasteiger partial charge in [-0.15, -0.1) is 0 Å². The number of carbonyl (C=O) groups excluding carboxylic acids is 3. The van der Waals surface area contributed by atoms with Crippen molar-refractivity contribution in [3.05, 3.63) is 27.8 Å². The van der Waals surface area contributed by atoms with E-state index in [0.717, 1.165) is 0 Å². The molecule has 2 atom stereocenters. The number of nitro groups is 1. The van der Waals surface area contributed by atoms with Crippen LogP contribution in [0, 0.1) is 16.0 Å². The monoisotopic (exact) mass is 542 g/mol. The predicted octanol–water partition coefficient (Wildman–Crippen LogP) is 2.24. The Morgan fingerprint density at radius 2 is 1.73 bits per heavy atom. The van der Waals surface area contributed by atoms with Crippen LogP contribution in [0.15, 0.2) is 12.1 Å². The second kappa shape index (κ2) is 14.2. The summed E-state index contributed by atoms with van der Waals surface area (Å²) < 4.78 is 20.0. The first-order valence-electron chi connectivity index (χ1n) is 11.3. The average molecular weight is 543 g/mol. The maximum atomic E-state index is 12.6. The van der Waals surface area contributed by atoms with E-state index in [4.69, 9.17) is 26.4 Å². The Bertz CT molecular complexity index is 1020. The van der Waals surface area contributed by atoms with Gasteiger partial charge in [-0.05, 0) is 25.8 Å². The molecule has 0 aromatic heterocycles. The van der Waals surface area contributed by atoms with Gasteiger partial charge in [-0.2, -0.15) is 0 Å². The normalized spacial score (nSPS) is 12.4. The second-order valence-corrected chi connectivity index (χ2v) is 8.99. The van der Waals surface area contributed by atoms with Crippen LogP contribution in [0.3, 0.4) is 0 Å². The molecule has 0 heterocycles. The minimum atomic E-state index is -1.22. The highest BCUT2D eigenvalue weighted by atomic mass is 32.1. The average Bonchev–Trinajstić information content (AvgIpc) is 2.87. The van der Waals surface area contributed by atoms with Crippen LogP contribution in [0.5, 0.6) is 11.5 Å². The van der Waals surface area contributed by atoms with Crippen LogP contribution in [-0.2, 0) is 25.7 Å². The molecule has 206 valence electrons. The largest absolute Gasteiger partial charge is 0.493 e. The summed E-state index contributed by atoms with van der Waals surface area (Å²) in [5.41, 5.74) is -1.43. The molecule has 1 aromatic carbocycles. The van der Waals surface area contributed by atoms with Gasteiger partial charge in [-0.1, -0.05) is 32.5 Å². The highest BCUT2D eigenvalue weighted by molar-refractivity contribution is 7.80. The number of nitrogens with zero attached hydrogens (tertiary/aromatic N) is 1. The number of carbonyl (C=O) groups is 3. The number of esters is 1. The fourth-order valence-electron chi connectivity index (χ4n) is 3.10. The van der Waals surface area contributed by atoms with Gasteiger partial charge in [-0.3, -0.25) is 19.7 Å². The standard InChI is InChI=1S/C23H34N4O9S/c1-8-13(2)19(20(37)26-23(3,4)21(29)24-11-18(28)35-7)25-22(30)36-12-14-9-16(33-5)17(34-6)10-15(14)27(31)32/h9-10,13,19H,8,11-12H2,1-7H3,(H,24,29)(H,25,30)(H,26,37)/t13?,19-/m0/s1. The molecule has 0 radical (unpaired) electrons. The van der Waals surface area contributed by atoms with Crippen molar-refractivity contribution in [2.24, 2.45) is 5.92 Å². The molecule has 0 aliphatic rings. The number of benzene rings is 1. The molecule has 14 heteroatoms. The Kier molecular flexibility index (Phi) is 12.0. The van der Waals surface area contributed by atoms with Gasteiger partial charge in [0.2, 0.25) is 5.91 Å². The van der Waals surface area contributed by atoms with E-state index < -0.39 is 41.1 Å². The molecule has 0 saturated carbocycles. The summed E-state index contributed by atoms with van der Waals surface area (Å²) in [7, 11) is 3.93. The van der Waals surface area contributed by atoms with Crippen molar-refractivity contribution < 1.29 is 38.3 Å². The molecule has 37 heavy (non-hydrogen) atoms. The van der Waals surface area contributed by atoms with E-state index in [1.54, 1.807) is 13.8 Å². The zero-order chi connectivity index (χ0) is 28.3. The van der Waals surface area contributed by atoms with E-state index in [1.807, 2.05) is 13.8 Å². The Labute approximate surface area is 220 Å². The number of ether oxygens (including phenoxy) is 4. The lowest BCUT2D eigenvalue weighted by Gasteiger charge is -2.32. The first-order chi connectivity index (χ1) is 17.3. The van der Waals surface area contributed by atoms with Crippen LogP contribution in [0.1, 0.15) is 39.7 Å². The van der Waals surface area contributed by atoms with Crippen molar-refractivity contribution in [2.75, 3.05) is 27.9 Å². The molecule has 1 rings (SSSR count). The molecule has 13 nitrogen and oxygen atoms in total. The predicted molar refractivity (Wildman–Crippen MR) is 138 cm³/mol. The molecule has 2 amide bonds. The topological polar surface area (TPSA) is 167 Å². The van der Waals surface area contributed by atoms with Gasteiger partial charge in [0.25, 0.3) is 5.69 Å². The van der Waals surface area contributed by atoms with Crippen molar-refractivity contribution in [2.45, 2.75) is 52.3 Å². The Balaban J connectivity index is 2.96.